The van der Waals surface area contributed by atoms with Gasteiger partial charge in [-0.3, -0.25) is 10.1 Å². The molecule has 3 rings (SSSR count). The number of halogens is 1. The van der Waals surface area contributed by atoms with Crippen molar-refractivity contribution in [3.8, 4) is 0 Å². The molecular weight excluding hydrogens is 300 g/mol. The van der Waals surface area contributed by atoms with Gasteiger partial charge in [-0.2, -0.15) is 0 Å². The van der Waals surface area contributed by atoms with Gasteiger partial charge < -0.3 is 9.80 Å². The summed E-state index contributed by atoms with van der Waals surface area (Å²) in [6, 6.07) is 0. The molecule has 2 aliphatic rings. The number of hydrogen-bond donors (Lipinski definition) is 0. The van der Waals surface area contributed by atoms with E-state index < -0.39 is 0 Å². The van der Waals surface area contributed by atoms with Crippen LogP contribution in [0.1, 0.15) is 18.4 Å². The summed E-state index contributed by atoms with van der Waals surface area (Å²) in [5.41, 5.74) is 0.287. The Labute approximate surface area is 125 Å². The maximum Gasteiger partial charge on any atom is 0.289 e. The number of nitrogens with zero attached hydrogens (tertiary/aromatic N) is 4. The average Bonchev–Trinajstić information content (AvgIpc) is 2.91. The first-order valence-electron chi connectivity index (χ1n) is 6.53. The van der Waals surface area contributed by atoms with E-state index in [-0.39, 0.29) is 16.5 Å². The molecule has 108 valence electrons. The van der Waals surface area contributed by atoms with Crippen LogP contribution in [0.5, 0.6) is 0 Å². The third kappa shape index (κ3) is 2.05. The summed E-state index contributed by atoms with van der Waals surface area (Å²) < 4.78 is 0.595. The van der Waals surface area contributed by atoms with Gasteiger partial charge >= 0.3 is 0 Å². The quantitative estimate of drug-likeness (QED) is 0.620. The fourth-order valence-electron chi connectivity index (χ4n) is 2.85. The van der Waals surface area contributed by atoms with E-state index >= 15 is 0 Å². The minimum Gasteiger partial charge on any atom is -0.351 e. The molecule has 2 aliphatic heterocycles. The lowest BCUT2D eigenvalue weighted by atomic mass is 10.00. The van der Waals surface area contributed by atoms with Crippen molar-refractivity contribution in [2.75, 3.05) is 24.5 Å². The highest BCUT2D eigenvalue weighted by molar-refractivity contribution is 7.16. The molecule has 3 heterocycles. The molecule has 0 radical (unpaired) electrons. The molecule has 0 aromatic carbocycles. The molecule has 0 bridgehead atoms. The largest absolute Gasteiger partial charge is 0.351 e. The van der Waals surface area contributed by atoms with Gasteiger partial charge in [-0.15, -0.1) is 11.3 Å². The minimum absolute atomic E-state index is 0.0460. The maximum absolute atomic E-state index is 11.4. The first-order chi connectivity index (χ1) is 9.49. The fraction of sp³-hybridized carbons (Fsp3) is 0.583. The van der Waals surface area contributed by atoms with Crippen LogP contribution in [0.25, 0.3) is 0 Å². The monoisotopic (exact) mass is 314 g/mol. The number of rotatable bonds is 2. The number of aryl methyl sites for hydroxylation is 1. The Morgan fingerprint density at radius 2 is 2.20 bits per heavy atom. The van der Waals surface area contributed by atoms with E-state index in [0.29, 0.717) is 22.5 Å². The lowest BCUT2D eigenvalue weighted by Crippen LogP contribution is -2.35. The zero-order chi connectivity index (χ0) is 14.4. The van der Waals surface area contributed by atoms with Gasteiger partial charge in [0.05, 0.1) is 15.8 Å². The molecule has 0 aliphatic carbocycles. The summed E-state index contributed by atoms with van der Waals surface area (Å²) in [4.78, 5) is 19.6. The number of fused-ring (bicyclic) bond motifs is 1. The van der Waals surface area contributed by atoms with E-state index in [9.17, 15) is 10.1 Å². The average molecular weight is 315 g/mol. The second-order valence-corrected chi connectivity index (χ2v) is 6.93. The Balaban J connectivity index is 2.11. The SMILES string of the molecule is Cc1nc(N2CCN3CCC(C)C([N+](=O)[O-])=C32)c(Cl)s1. The highest BCUT2D eigenvalue weighted by atomic mass is 35.5. The van der Waals surface area contributed by atoms with Gasteiger partial charge in [0.15, 0.2) is 11.6 Å². The lowest BCUT2D eigenvalue weighted by molar-refractivity contribution is -0.437. The zero-order valence-corrected chi connectivity index (χ0v) is 12.9. The number of thiazole rings is 1. The van der Waals surface area contributed by atoms with Gasteiger partial charge in [0, 0.05) is 19.6 Å². The first kappa shape index (κ1) is 13.6. The Bertz CT molecular complexity index is 600. The smallest absolute Gasteiger partial charge is 0.289 e. The summed E-state index contributed by atoms with van der Waals surface area (Å²) in [7, 11) is 0. The highest BCUT2D eigenvalue weighted by Crippen LogP contribution is 2.40. The summed E-state index contributed by atoms with van der Waals surface area (Å²) >= 11 is 7.63. The summed E-state index contributed by atoms with van der Waals surface area (Å²) in [5, 5.41) is 12.3. The molecule has 8 heteroatoms. The van der Waals surface area contributed by atoms with Gasteiger partial charge in [0.1, 0.15) is 4.34 Å². The van der Waals surface area contributed by atoms with Gasteiger partial charge in [0.2, 0.25) is 0 Å². The molecule has 1 aromatic heterocycles. The van der Waals surface area contributed by atoms with Crippen molar-refractivity contribution in [1.29, 1.82) is 0 Å². The molecular formula is C12H15ClN4O2S. The molecule has 0 saturated carbocycles. The van der Waals surface area contributed by atoms with Crippen LogP contribution in [0.3, 0.4) is 0 Å². The van der Waals surface area contributed by atoms with Crippen LogP contribution in [0.15, 0.2) is 11.5 Å². The van der Waals surface area contributed by atoms with Crippen LogP contribution in [0.4, 0.5) is 5.82 Å². The first-order valence-corrected chi connectivity index (χ1v) is 7.72. The summed E-state index contributed by atoms with van der Waals surface area (Å²) in [6.45, 7) is 6.13. The van der Waals surface area contributed by atoms with E-state index in [1.807, 2.05) is 18.7 Å². The number of nitro groups is 1. The molecule has 1 fully saturated rings. The van der Waals surface area contributed by atoms with Gasteiger partial charge in [-0.05, 0) is 13.3 Å². The standard InChI is InChI=1S/C12H15ClN4O2S/c1-7-3-4-15-5-6-16(12(15)9(7)17(18)19)11-10(13)20-8(2)14-11/h7H,3-6H2,1-2H3. The van der Waals surface area contributed by atoms with E-state index in [4.69, 9.17) is 11.6 Å². The second-order valence-electron chi connectivity index (χ2n) is 5.12. The van der Waals surface area contributed by atoms with Crippen LogP contribution < -0.4 is 4.90 Å². The van der Waals surface area contributed by atoms with E-state index in [1.165, 1.54) is 11.3 Å². The second kappa shape index (κ2) is 4.89. The third-order valence-electron chi connectivity index (χ3n) is 3.81. The number of allylic oxidation sites excluding steroid dienone is 1. The topological polar surface area (TPSA) is 62.5 Å². The van der Waals surface area contributed by atoms with Gasteiger partial charge in [-0.25, -0.2) is 4.98 Å². The fourth-order valence-corrected chi connectivity index (χ4v) is 3.97. The zero-order valence-electron chi connectivity index (χ0n) is 11.3. The Kier molecular flexibility index (Phi) is 3.33. The van der Waals surface area contributed by atoms with Crippen LogP contribution in [-0.4, -0.2) is 34.4 Å². The van der Waals surface area contributed by atoms with Crippen molar-refractivity contribution in [2.24, 2.45) is 5.92 Å². The van der Waals surface area contributed by atoms with Crippen LogP contribution in [0, 0.1) is 23.0 Å². The van der Waals surface area contributed by atoms with Crippen molar-refractivity contribution >= 4 is 28.8 Å². The van der Waals surface area contributed by atoms with E-state index in [1.54, 1.807) is 0 Å². The molecule has 1 unspecified atom stereocenters. The van der Waals surface area contributed by atoms with Crippen molar-refractivity contribution in [3.05, 3.63) is 31.0 Å². The Morgan fingerprint density at radius 1 is 1.45 bits per heavy atom. The van der Waals surface area contributed by atoms with E-state index in [2.05, 4.69) is 9.88 Å². The van der Waals surface area contributed by atoms with Gasteiger partial charge in [0.25, 0.3) is 5.70 Å². The maximum atomic E-state index is 11.4. The molecule has 6 nitrogen and oxygen atoms in total. The van der Waals surface area contributed by atoms with Crippen LogP contribution >= 0.6 is 22.9 Å². The molecule has 1 atom stereocenters. The normalized spacial score (nSPS) is 22.4. The molecule has 0 spiro atoms. The Hall–Kier alpha value is -1.34. The van der Waals surface area contributed by atoms with Crippen molar-refractivity contribution in [1.82, 2.24) is 9.88 Å². The minimum atomic E-state index is -0.252. The number of aromatic nitrogens is 1. The summed E-state index contributed by atoms with van der Waals surface area (Å²) in [6.07, 6.45) is 0.817. The molecule has 0 amide bonds. The van der Waals surface area contributed by atoms with E-state index in [0.717, 1.165) is 24.5 Å². The van der Waals surface area contributed by atoms with Crippen molar-refractivity contribution in [2.45, 2.75) is 20.3 Å². The highest BCUT2D eigenvalue weighted by Gasteiger charge is 2.41. The van der Waals surface area contributed by atoms with Crippen LogP contribution in [-0.2, 0) is 0 Å². The summed E-state index contributed by atoms with van der Waals surface area (Å²) in [5.74, 6) is 1.29. The predicted molar refractivity (Wildman–Crippen MR) is 78.6 cm³/mol. The third-order valence-corrected chi connectivity index (χ3v) is 4.95. The number of anilines is 1. The Morgan fingerprint density at radius 3 is 2.80 bits per heavy atom. The molecule has 20 heavy (non-hydrogen) atoms. The lowest BCUT2D eigenvalue weighted by Gasteiger charge is -2.29. The molecule has 1 saturated heterocycles. The molecule has 0 N–H and O–H groups in total. The number of hydrogen-bond acceptors (Lipinski definition) is 6. The van der Waals surface area contributed by atoms with Crippen LogP contribution in [0.2, 0.25) is 4.34 Å². The predicted octanol–water partition coefficient (Wildman–Crippen LogP) is 2.71. The molecule has 1 aromatic rings. The van der Waals surface area contributed by atoms with Crippen molar-refractivity contribution < 1.29 is 4.92 Å². The van der Waals surface area contributed by atoms with Crippen molar-refractivity contribution in [3.63, 3.8) is 0 Å². The van der Waals surface area contributed by atoms with Gasteiger partial charge in [-0.1, -0.05) is 18.5 Å².